The van der Waals surface area contributed by atoms with Gasteiger partial charge >= 0.3 is 11.9 Å². The van der Waals surface area contributed by atoms with E-state index in [0.717, 1.165) is 6.08 Å². The number of rotatable bonds is 7. The molecule has 0 aliphatic carbocycles. The van der Waals surface area contributed by atoms with Crippen LogP contribution in [0.2, 0.25) is 0 Å². The van der Waals surface area contributed by atoms with Crippen LogP contribution in [0.4, 0.5) is 0 Å². The van der Waals surface area contributed by atoms with E-state index in [1.165, 1.54) is 19.1 Å². The maximum absolute atomic E-state index is 11.1. The molecule has 0 spiro atoms. The fourth-order valence-corrected chi connectivity index (χ4v) is 0.786. The van der Waals surface area contributed by atoms with Gasteiger partial charge in [-0.25, -0.2) is 4.79 Å². The van der Waals surface area contributed by atoms with Gasteiger partial charge in [0.05, 0.1) is 0 Å². The highest BCUT2D eigenvalue weighted by Gasteiger charge is 2.22. The number of ether oxygens (including phenoxy) is 2. The minimum absolute atomic E-state index is 0.0823. The lowest BCUT2D eigenvalue weighted by atomic mass is 10.2. The van der Waals surface area contributed by atoms with Crippen molar-refractivity contribution in [3.05, 3.63) is 24.8 Å². The van der Waals surface area contributed by atoms with Gasteiger partial charge in [-0.2, -0.15) is 0 Å². The fraction of sp³-hybridized carbons (Fsp3) is 0.455. The summed E-state index contributed by atoms with van der Waals surface area (Å²) in [6.07, 6.45) is 0.975. The smallest absolute Gasteiger partial charge is 0.338 e. The van der Waals surface area contributed by atoms with Crippen molar-refractivity contribution in [1.29, 1.82) is 0 Å². The van der Waals surface area contributed by atoms with Gasteiger partial charge in [0, 0.05) is 6.92 Å². The van der Waals surface area contributed by atoms with E-state index in [9.17, 15) is 14.7 Å². The summed E-state index contributed by atoms with van der Waals surface area (Å²) >= 11 is 0. The van der Waals surface area contributed by atoms with Gasteiger partial charge < -0.3 is 19.7 Å². The van der Waals surface area contributed by atoms with E-state index in [-0.39, 0.29) is 13.2 Å². The molecule has 0 radical (unpaired) electrons. The Kier molecular flexibility index (Phi) is 7.66. The number of hydrogen-bond donors (Lipinski definition) is 2. The monoisotopic (exact) mass is 244 g/mol. The van der Waals surface area contributed by atoms with E-state index in [1.807, 2.05) is 0 Å². The summed E-state index contributed by atoms with van der Waals surface area (Å²) < 4.78 is 9.19. The average molecular weight is 244 g/mol. The van der Waals surface area contributed by atoms with Crippen LogP contribution in [0.1, 0.15) is 6.92 Å². The Morgan fingerprint density at radius 3 is 2.24 bits per heavy atom. The first-order valence-corrected chi connectivity index (χ1v) is 4.92. The molecule has 0 aromatic heterocycles. The van der Waals surface area contributed by atoms with Crippen LogP contribution in [-0.4, -0.2) is 47.6 Å². The van der Waals surface area contributed by atoms with Crippen LogP contribution in [0.3, 0.4) is 0 Å². The Labute approximate surface area is 99.1 Å². The van der Waals surface area contributed by atoms with Gasteiger partial charge in [0.1, 0.15) is 19.3 Å². The van der Waals surface area contributed by atoms with Crippen molar-refractivity contribution in [3.63, 3.8) is 0 Å². The molecular formula is C11H16O6. The fourth-order valence-electron chi connectivity index (χ4n) is 0.786. The van der Waals surface area contributed by atoms with Crippen LogP contribution in [0, 0.1) is 0 Å². The summed E-state index contributed by atoms with van der Waals surface area (Å²) in [6, 6.07) is 0. The highest BCUT2D eigenvalue weighted by Crippen LogP contribution is 1.97. The number of esters is 2. The predicted octanol–water partition coefficient (Wildman–Crippen LogP) is -0.443. The Bertz CT molecular complexity index is 296. The van der Waals surface area contributed by atoms with Gasteiger partial charge in [-0.05, 0) is 12.2 Å². The van der Waals surface area contributed by atoms with Gasteiger partial charge in [-0.3, -0.25) is 4.79 Å². The molecule has 0 amide bonds. The second-order valence-electron chi connectivity index (χ2n) is 3.08. The first-order chi connectivity index (χ1) is 7.99. The minimum atomic E-state index is -1.64. The number of carbonyl (C=O) groups excluding carboxylic acids is 2. The molecule has 0 fully saturated rings. The van der Waals surface area contributed by atoms with E-state index in [1.54, 1.807) is 0 Å². The van der Waals surface area contributed by atoms with Crippen molar-refractivity contribution >= 4 is 11.9 Å². The highest BCUT2D eigenvalue weighted by atomic mass is 16.5. The summed E-state index contributed by atoms with van der Waals surface area (Å²) in [5.41, 5.74) is 0. The van der Waals surface area contributed by atoms with Crippen molar-refractivity contribution in [2.24, 2.45) is 0 Å². The number of hydrogen-bond acceptors (Lipinski definition) is 6. The average Bonchev–Trinajstić information content (AvgIpc) is 2.30. The van der Waals surface area contributed by atoms with E-state index >= 15 is 0 Å². The first kappa shape index (κ1) is 15.3. The van der Waals surface area contributed by atoms with Crippen LogP contribution < -0.4 is 0 Å². The number of aliphatic hydroxyl groups is 2. The van der Waals surface area contributed by atoms with Crippen molar-refractivity contribution < 1.29 is 29.3 Å². The zero-order valence-electron chi connectivity index (χ0n) is 9.54. The lowest BCUT2D eigenvalue weighted by molar-refractivity contribution is -0.156. The molecule has 17 heavy (non-hydrogen) atoms. The van der Waals surface area contributed by atoms with Crippen LogP contribution in [0.15, 0.2) is 24.8 Å². The topological polar surface area (TPSA) is 93.1 Å². The molecule has 0 heterocycles. The summed E-state index contributed by atoms with van der Waals surface area (Å²) in [6.45, 7) is 4.51. The quantitative estimate of drug-likeness (QED) is 0.465. The van der Waals surface area contributed by atoms with Crippen LogP contribution in [-0.2, 0) is 19.1 Å². The van der Waals surface area contributed by atoms with Crippen molar-refractivity contribution in [2.75, 3.05) is 13.2 Å². The number of aliphatic hydroxyl groups excluding tert-OH is 2. The summed E-state index contributed by atoms with van der Waals surface area (Å²) in [7, 11) is 0. The molecule has 0 aromatic rings. The van der Waals surface area contributed by atoms with Crippen LogP contribution in [0.25, 0.3) is 0 Å². The molecule has 2 unspecified atom stereocenters. The molecule has 96 valence electrons. The lowest BCUT2D eigenvalue weighted by Gasteiger charge is -2.12. The minimum Gasteiger partial charge on any atom is -0.462 e. The molecule has 0 saturated carbocycles. The summed E-state index contributed by atoms with van der Waals surface area (Å²) in [5.74, 6) is -1.36. The van der Waals surface area contributed by atoms with Gasteiger partial charge in [0.25, 0.3) is 0 Å². The second kappa shape index (κ2) is 8.49. The van der Waals surface area contributed by atoms with E-state index in [2.05, 4.69) is 16.1 Å². The van der Waals surface area contributed by atoms with Gasteiger partial charge in [-0.15, -0.1) is 6.58 Å². The van der Waals surface area contributed by atoms with Gasteiger partial charge in [0.2, 0.25) is 0 Å². The lowest BCUT2D eigenvalue weighted by Crippen LogP contribution is -2.33. The van der Waals surface area contributed by atoms with Crippen LogP contribution in [0.5, 0.6) is 0 Å². The molecule has 0 aliphatic rings. The predicted molar refractivity (Wildman–Crippen MR) is 58.9 cm³/mol. The van der Waals surface area contributed by atoms with E-state index < -0.39 is 24.1 Å². The molecule has 0 bridgehead atoms. The van der Waals surface area contributed by atoms with E-state index in [0.29, 0.717) is 0 Å². The molecule has 0 aliphatic heterocycles. The largest absolute Gasteiger partial charge is 0.462 e. The third-order valence-electron chi connectivity index (χ3n) is 1.68. The molecule has 6 heteroatoms. The summed E-state index contributed by atoms with van der Waals surface area (Å²) in [5, 5.41) is 18.2. The standard InChI is InChI=1S/C11H16O6/c1-3-9(13)10(14)11(15)17-7-5-4-6-16-8(2)12/h3-5,9-10,13-14H,1,6-7H2,2H3. The van der Waals surface area contributed by atoms with Gasteiger partial charge in [0.15, 0.2) is 6.10 Å². The Morgan fingerprint density at radius 1 is 1.24 bits per heavy atom. The Balaban J connectivity index is 3.77. The summed E-state index contributed by atoms with van der Waals surface area (Å²) in [4.78, 5) is 21.5. The second-order valence-corrected chi connectivity index (χ2v) is 3.08. The third kappa shape index (κ3) is 7.26. The van der Waals surface area contributed by atoms with E-state index in [4.69, 9.17) is 5.11 Å². The molecular weight excluding hydrogens is 228 g/mol. The van der Waals surface area contributed by atoms with Crippen LogP contribution >= 0.6 is 0 Å². The van der Waals surface area contributed by atoms with Crippen molar-refractivity contribution in [3.8, 4) is 0 Å². The van der Waals surface area contributed by atoms with Crippen molar-refractivity contribution in [1.82, 2.24) is 0 Å². The molecule has 0 rings (SSSR count). The number of carbonyl (C=O) groups is 2. The highest BCUT2D eigenvalue weighted by molar-refractivity contribution is 5.75. The first-order valence-electron chi connectivity index (χ1n) is 4.92. The van der Waals surface area contributed by atoms with Crippen molar-refractivity contribution in [2.45, 2.75) is 19.1 Å². The molecule has 0 saturated heterocycles. The molecule has 6 nitrogen and oxygen atoms in total. The molecule has 0 aromatic carbocycles. The maximum Gasteiger partial charge on any atom is 0.338 e. The zero-order chi connectivity index (χ0) is 13.3. The van der Waals surface area contributed by atoms with Gasteiger partial charge in [-0.1, -0.05) is 6.08 Å². The normalized spacial score (nSPS) is 14.1. The zero-order valence-corrected chi connectivity index (χ0v) is 9.54. The molecule has 2 atom stereocenters. The SMILES string of the molecule is C=CC(O)C(O)C(=O)OCC=CCOC(C)=O. The Morgan fingerprint density at radius 2 is 1.76 bits per heavy atom. The third-order valence-corrected chi connectivity index (χ3v) is 1.68. The maximum atomic E-state index is 11.1. The Hall–Kier alpha value is -1.66. The molecule has 2 N–H and O–H groups in total.